The van der Waals surface area contributed by atoms with Crippen LogP contribution in [0.1, 0.15) is 0 Å². The quantitative estimate of drug-likeness (QED) is 0.499. The van der Waals surface area contributed by atoms with Gasteiger partial charge in [-0.15, -0.1) is 0 Å². The summed E-state index contributed by atoms with van der Waals surface area (Å²) in [5.41, 5.74) is 3.62. The molecule has 0 amide bonds. The van der Waals surface area contributed by atoms with Crippen molar-refractivity contribution in [3.05, 3.63) is 0 Å². The van der Waals surface area contributed by atoms with Gasteiger partial charge >= 0.3 is 0 Å². The summed E-state index contributed by atoms with van der Waals surface area (Å²) >= 11 is 0. The van der Waals surface area contributed by atoms with Gasteiger partial charge in [-0.05, 0) is 0 Å². The molecule has 2 heterocycles. The maximum atomic E-state index is 8.72. The Morgan fingerprint density at radius 3 is 2.06 bits per heavy atom. The Balaban J connectivity index is 2.24. The normalized spacial score (nSPS) is 16.0. The van der Waals surface area contributed by atoms with E-state index in [2.05, 4.69) is 15.0 Å². The predicted octanol–water partition coefficient (Wildman–Crippen LogP) is -0.690. The number of rotatable bonds is 3. The van der Waals surface area contributed by atoms with Crippen LogP contribution in [-0.4, -0.2) is 51.7 Å². The largest absolute Gasteiger partial charge is 0.378 e. The zero-order valence-corrected chi connectivity index (χ0v) is 8.42. The number of morpholine rings is 1. The van der Waals surface area contributed by atoms with Crippen LogP contribution in [0.3, 0.4) is 0 Å². The molecule has 0 spiro atoms. The molecule has 0 radical (unpaired) electrons. The van der Waals surface area contributed by atoms with Crippen molar-refractivity contribution in [3.63, 3.8) is 0 Å². The fourth-order valence-electron chi connectivity index (χ4n) is 1.37. The van der Waals surface area contributed by atoms with Crippen molar-refractivity contribution in [1.82, 2.24) is 15.0 Å². The lowest BCUT2D eigenvalue weighted by molar-refractivity contribution is 0.122. The highest BCUT2D eigenvalue weighted by Gasteiger charge is 2.16. The summed E-state index contributed by atoms with van der Waals surface area (Å²) in [7, 11) is 0. The molecule has 0 atom stereocenters. The average molecular weight is 228 g/mol. The van der Waals surface area contributed by atoms with E-state index in [0.29, 0.717) is 32.3 Å². The Morgan fingerprint density at radius 1 is 1.00 bits per heavy atom. The van der Waals surface area contributed by atoms with E-state index in [1.165, 1.54) is 0 Å². The summed E-state index contributed by atoms with van der Waals surface area (Å²) in [4.78, 5) is 13.4. The van der Waals surface area contributed by atoms with Crippen LogP contribution in [0, 0.1) is 0 Å². The van der Waals surface area contributed by atoms with E-state index in [1.807, 2.05) is 15.9 Å². The molecule has 1 aliphatic heterocycles. The van der Waals surface area contributed by atoms with Crippen LogP contribution >= 0.6 is 0 Å². The third-order valence-corrected chi connectivity index (χ3v) is 2.12. The fraction of sp³-hybridized carbons (Fsp3) is 0.571. The number of hydrogen-bond acceptors (Lipinski definition) is 9. The lowest BCUT2D eigenvalue weighted by Crippen LogP contribution is -2.37. The Morgan fingerprint density at radius 2 is 1.56 bits per heavy atom. The van der Waals surface area contributed by atoms with E-state index in [4.69, 9.17) is 15.2 Å². The van der Waals surface area contributed by atoms with Gasteiger partial charge in [0.1, 0.15) is 0 Å². The summed E-state index contributed by atoms with van der Waals surface area (Å²) in [6, 6.07) is 0. The van der Waals surface area contributed by atoms with Gasteiger partial charge < -0.3 is 9.64 Å². The second-order valence-corrected chi connectivity index (χ2v) is 3.11. The lowest BCUT2D eigenvalue weighted by Gasteiger charge is -2.26. The molecule has 16 heavy (non-hydrogen) atoms. The van der Waals surface area contributed by atoms with E-state index in [-0.39, 0.29) is 11.9 Å². The molecular weight excluding hydrogens is 216 g/mol. The molecule has 9 nitrogen and oxygen atoms in total. The summed E-state index contributed by atoms with van der Waals surface area (Å²) in [6.45, 7) is 2.49. The third kappa shape index (κ3) is 2.27. The molecule has 4 N–H and O–H groups in total. The molecule has 2 rings (SSSR count). The van der Waals surface area contributed by atoms with Gasteiger partial charge in [-0.2, -0.15) is 15.0 Å². The fourth-order valence-corrected chi connectivity index (χ4v) is 1.37. The van der Waals surface area contributed by atoms with Crippen molar-refractivity contribution >= 4 is 17.8 Å². The van der Waals surface area contributed by atoms with Crippen LogP contribution in [0.4, 0.5) is 17.8 Å². The number of hydrogen-bond donors (Lipinski definition) is 4. The van der Waals surface area contributed by atoms with Crippen molar-refractivity contribution < 1.29 is 15.2 Å². The highest BCUT2D eigenvalue weighted by atomic mass is 16.5. The molecule has 1 fully saturated rings. The topological polar surface area (TPSA) is 116 Å². The van der Waals surface area contributed by atoms with Gasteiger partial charge in [0, 0.05) is 13.1 Å². The van der Waals surface area contributed by atoms with Gasteiger partial charge in [-0.1, -0.05) is 0 Å². The van der Waals surface area contributed by atoms with E-state index < -0.39 is 0 Å². The minimum Gasteiger partial charge on any atom is -0.378 e. The molecule has 9 heteroatoms. The van der Waals surface area contributed by atoms with Crippen LogP contribution in [0.25, 0.3) is 0 Å². The molecule has 1 aromatic rings. The van der Waals surface area contributed by atoms with E-state index in [1.54, 1.807) is 0 Å². The van der Waals surface area contributed by atoms with Crippen LogP contribution in [0.15, 0.2) is 0 Å². The predicted molar refractivity (Wildman–Crippen MR) is 53.7 cm³/mol. The molecule has 1 aliphatic rings. The van der Waals surface area contributed by atoms with Gasteiger partial charge in [0.2, 0.25) is 5.95 Å². The Labute approximate surface area is 91.0 Å². The lowest BCUT2D eigenvalue weighted by atomic mass is 10.4. The first-order valence-electron chi connectivity index (χ1n) is 4.72. The number of anilines is 3. The number of ether oxygens (including phenoxy) is 1. The first-order chi connectivity index (χ1) is 7.83. The Hall–Kier alpha value is -1.71. The van der Waals surface area contributed by atoms with Crippen LogP contribution in [0.2, 0.25) is 0 Å². The summed E-state index contributed by atoms with van der Waals surface area (Å²) in [5.74, 6) is 0.299. The van der Waals surface area contributed by atoms with Crippen molar-refractivity contribution in [1.29, 1.82) is 0 Å². The zero-order chi connectivity index (χ0) is 11.4. The van der Waals surface area contributed by atoms with Gasteiger partial charge in [-0.3, -0.25) is 10.4 Å². The van der Waals surface area contributed by atoms with Crippen molar-refractivity contribution in [3.8, 4) is 0 Å². The number of nitrogens with zero attached hydrogens (tertiary/aromatic N) is 4. The van der Waals surface area contributed by atoms with Gasteiger partial charge in [0.15, 0.2) is 0 Å². The first kappa shape index (κ1) is 10.8. The monoisotopic (exact) mass is 228 g/mol. The molecule has 88 valence electrons. The van der Waals surface area contributed by atoms with E-state index in [0.717, 1.165) is 0 Å². The van der Waals surface area contributed by atoms with Crippen molar-refractivity contribution in [2.24, 2.45) is 0 Å². The van der Waals surface area contributed by atoms with Crippen LogP contribution in [-0.2, 0) is 4.74 Å². The maximum absolute atomic E-state index is 8.72. The first-order valence-corrected chi connectivity index (χ1v) is 4.72. The third-order valence-electron chi connectivity index (χ3n) is 2.12. The number of nitrogens with one attached hydrogen (secondary N) is 2. The van der Waals surface area contributed by atoms with Gasteiger partial charge in [0.25, 0.3) is 11.9 Å². The second-order valence-electron chi connectivity index (χ2n) is 3.11. The molecule has 1 aromatic heterocycles. The van der Waals surface area contributed by atoms with Crippen molar-refractivity contribution in [2.45, 2.75) is 0 Å². The highest BCUT2D eigenvalue weighted by molar-refractivity contribution is 5.42. The molecule has 0 saturated carbocycles. The molecule has 0 bridgehead atoms. The minimum absolute atomic E-state index is 0.0342. The molecule has 0 unspecified atom stereocenters. The van der Waals surface area contributed by atoms with Crippen LogP contribution in [0.5, 0.6) is 0 Å². The summed E-state index contributed by atoms with van der Waals surface area (Å²) in [5, 5.41) is 17.4. The molecule has 0 aromatic carbocycles. The molecular formula is C7H12N6O3. The Kier molecular flexibility index (Phi) is 3.29. The zero-order valence-electron chi connectivity index (χ0n) is 8.42. The maximum Gasteiger partial charge on any atom is 0.253 e. The van der Waals surface area contributed by atoms with E-state index >= 15 is 0 Å². The van der Waals surface area contributed by atoms with Crippen molar-refractivity contribution in [2.75, 3.05) is 42.2 Å². The molecule has 0 aliphatic carbocycles. The van der Waals surface area contributed by atoms with Gasteiger partial charge in [0.05, 0.1) is 13.2 Å². The van der Waals surface area contributed by atoms with E-state index in [9.17, 15) is 0 Å². The smallest absolute Gasteiger partial charge is 0.253 e. The molecule has 1 saturated heterocycles. The average Bonchev–Trinajstić information content (AvgIpc) is 2.39. The number of aromatic nitrogens is 3. The van der Waals surface area contributed by atoms with Gasteiger partial charge in [-0.25, -0.2) is 11.0 Å². The second kappa shape index (κ2) is 4.88. The minimum atomic E-state index is -0.0342. The standard InChI is InChI=1S/C7H12N6O3/c14-11-5-8-6(12-15)10-7(9-5)13-1-3-16-4-2-13/h14-15H,1-4H2,(H2,8,9,10,11,12). The highest BCUT2D eigenvalue weighted by Crippen LogP contribution is 2.13. The SMILES string of the molecule is ONc1nc(NO)nc(N2CCOCC2)n1. The summed E-state index contributed by atoms with van der Waals surface area (Å²) in [6.07, 6.45) is 0. The van der Waals surface area contributed by atoms with Crippen LogP contribution < -0.4 is 15.9 Å². The summed E-state index contributed by atoms with van der Waals surface area (Å²) < 4.78 is 5.19. The Bertz CT molecular complexity index is 334.